The molecule has 0 spiro atoms. The smallest absolute Gasteiger partial charge is 0.290 e. The lowest BCUT2D eigenvalue weighted by atomic mass is 9.94. The maximum atomic E-state index is 13.8. The zero-order chi connectivity index (χ0) is 26.1. The molecular weight excluding hydrogens is 492 g/mol. The molecule has 1 atom stereocenters. The topological polar surface area (TPSA) is 92.9 Å². The lowest BCUT2D eigenvalue weighted by molar-refractivity contribution is -0.130. The largest absolute Gasteiger partial charge is 0.503 e. The number of pyridine rings is 1. The summed E-state index contributed by atoms with van der Waals surface area (Å²) in [6.45, 7) is 4.70. The molecule has 1 aliphatic heterocycles. The van der Waals surface area contributed by atoms with Crippen molar-refractivity contribution in [1.82, 2.24) is 9.88 Å². The molecule has 1 unspecified atom stereocenters. The van der Waals surface area contributed by atoms with Gasteiger partial charge in [0.2, 0.25) is 5.78 Å². The number of aliphatic hydroxyl groups excluding tert-OH is 1. The standard InChI is InChI=1S/C29H25ClN2O5/c1-17(2)16-36-22-8-5-6-18(13-22)26-25(27(33)24-14-19-12-20(30)9-10-23(19)37-24)28(34)29(35)32(26)15-21-7-3-4-11-31-21/h3-14,17,26,34H,15-16H2,1-2H3. The SMILES string of the molecule is CC(C)COc1cccc(C2C(C(=O)c3cc4cc(Cl)ccc4o3)=C(O)C(=O)N2Cc2ccccn2)c1. The summed E-state index contributed by atoms with van der Waals surface area (Å²) >= 11 is 6.09. The molecular formula is C29H25ClN2O5. The third kappa shape index (κ3) is 4.95. The first-order valence-electron chi connectivity index (χ1n) is 11.9. The highest BCUT2D eigenvalue weighted by molar-refractivity contribution is 6.31. The number of rotatable bonds is 8. The number of carbonyl (C=O) groups excluding carboxylic acids is 2. The molecule has 1 N–H and O–H groups in total. The summed E-state index contributed by atoms with van der Waals surface area (Å²) in [7, 11) is 0. The lowest BCUT2D eigenvalue weighted by Crippen LogP contribution is -2.31. The van der Waals surface area contributed by atoms with E-state index in [-0.39, 0.29) is 17.9 Å². The molecule has 188 valence electrons. The summed E-state index contributed by atoms with van der Waals surface area (Å²) in [4.78, 5) is 32.8. The molecule has 5 rings (SSSR count). The van der Waals surface area contributed by atoms with Crippen LogP contribution in [0.4, 0.5) is 0 Å². The van der Waals surface area contributed by atoms with Gasteiger partial charge in [-0.05, 0) is 60.0 Å². The van der Waals surface area contributed by atoms with E-state index >= 15 is 0 Å². The van der Waals surface area contributed by atoms with Gasteiger partial charge < -0.3 is 19.2 Å². The molecule has 2 aromatic heterocycles. The second-order valence-corrected chi connectivity index (χ2v) is 9.75. The number of aromatic nitrogens is 1. The molecule has 37 heavy (non-hydrogen) atoms. The molecule has 4 aromatic rings. The number of nitrogens with zero attached hydrogens (tertiary/aromatic N) is 2. The maximum Gasteiger partial charge on any atom is 0.290 e. The highest BCUT2D eigenvalue weighted by Gasteiger charge is 2.44. The van der Waals surface area contributed by atoms with E-state index in [2.05, 4.69) is 4.98 Å². The fraction of sp³-hybridized carbons (Fsp3) is 0.207. The second kappa shape index (κ2) is 10.1. The highest BCUT2D eigenvalue weighted by Crippen LogP contribution is 2.41. The Kier molecular flexibility index (Phi) is 6.72. The third-order valence-electron chi connectivity index (χ3n) is 6.07. The minimum Gasteiger partial charge on any atom is -0.503 e. The number of benzene rings is 2. The van der Waals surface area contributed by atoms with Gasteiger partial charge in [-0.25, -0.2) is 0 Å². The van der Waals surface area contributed by atoms with E-state index in [0.29, 0.717) is 45.5 Å². The van der Waals surface area contributed by atoms with Crippen LogP contribution in [0.25, 0.3) is 11.0 Å². The minimum atomic E-state index is -0.874. The number of Topliss-reactive ketones (excluding diaryl/α,β-unsaturated/α-hetero) is 1. The van der Waals surface area contributed by atoms with Crippen LogP contribution in [-0.4, -0.2) is 33.3 Å². The van der Waals surface area contributed by atoms with Crippen LogP contribution < -0.4 is 4.74 Å². The number of ketones is 1. The van der Waals surface area contributed by atoms with Crippen LogP contribution in [-0.2, 0) is 11.3 Å². The van der Waals surface area contributed by atoms with E-state index in [0.717, 1.165) is 0 Å². The summed E-state index contributed by atoms with van der Waals surface area (Å²) in [5.74, 6) is -0.929. The minimum absolute atomic E-state index is 0.00325. The lowest BCUT2D eigenvalue weighted by Gasteiger charge is -2.26. The van der Waals surface area contributed by atoms with E-state index in [1.54, 1.807) is 60.8 Å². The Morgan fingerprint density at radius 3 is 2.73 bits per heavy atom. The Balaban J connectivity index is 1.58. The highest BCUT2D eigenvalue weighted by atomic mass is 35.5. The molecule has 1 amide bonds. The van der Waals surface area contributed by atoms with Crippen molar-refractivity contribution in [3.05, 3.63) is 106 Å². The molecule has 0 fully saturated rings. The van der Waals surface area contributed by atoms with E-state index in [9.17, 15) is 14.7 Å². The van der Waals surface area contributed by atoms with Crippen LogP contribution in [0.2, 0.25) is 5.02 Å². The van der Waals surface area contributed by atoms with Crippen molar-refractivity contribution >= 4 is 34.3 Å². The molecule has 2 aromatic carbocycles. The number of halogens is 1. The number of carbonyl (C=O) groups is 2. The molecule has 8 heteroatoms. The van der Waals surface area contributed by atoms with Gasteiger partial charge in [-0.3, -0.25) is 14.6 Å². The van der Waals surface area contributed by atoms with Crippen molar-refractivity contribution < 1.29 is 23.8 Å². The maximum absolute atomic E-state index is 13.8. The predicted octanol–water partition coefficient (Wildman–Crippen LogP) is 6.29. The summed E-state index contributed by atoms with van der Waals surface area (Å²) < 4.78 is 11.7. The van der Waals surface area contributed by atoms with Gasteiger partial charge in [0.25, 0.3) is 5.91 Å². The van der Waals surface area contributed by atoms with Gasteiger partial charge in [-0.1, -0.05) is 43.6 Å². The van der Waals surface area contributed by atoms with Crippen molar-refractivity contribution in [2.24, 2.45) is 5.92 Å². The molecule has 0 radical (unpaired) electrons. The fourth-order valence-corrected chi connectivity index (χ4v) is 4.54. The van der Waals surface area contributed by atoms with Gasteiger partial charge >= 0.3 is 0 Å². The van der Waals surface area contributed by atoms with Crippen LogP contribution in [0, 0.1) is 5.92 Å². The summed E-state index contributed by atoms with van der Waals surface area (Å²) in [5, 5.41) is 12.1. The van der Waals surface area contributed by atoms with Crippen molar-refractivity contribution in [3.63, 3.8) is 0 Å². The Labute approximate surface area is 218 Å². The van der Waals surface area contributed by atoms with Crippen LogP contribution >= 0.6 is 11.6 Å². The number of fused-ring (bicyclic) bond motifs is 1. The number of hydrogen-bond acceptors (Lipinski definition) is 6. The van der Waals surface area contributed by atoms with E-state index in [1.165, 1.54) is 4.90 Å². The van der Waals surface area contributed by atoms with E-state index < -0.39 is 23.5 Å². The molecule has 0 aliphatic carbocycles. The normalized spacial score (nSPS) is 15.7. The third-order valence-corrected chi connectivity index (χ3v) is 6.30. The Hall–Kier alpha value is -4.10. The number of aliphatic hydroxyl groups is 1. The molecule has 1 aliphatic rings. The second-order valence-electron chi connectivity index (χ2n) is 9.32. The van der Waals surface area contributed by atoms with Crippen LogP contribution in [0.3, 0.4) is 0 Å². The molecule has 3 heterocycles. The monoisotopic (exact) mass is 516 g/mol. The first-order chi connectivity index (χ1) is 17.8. The van der Waals surface area contributed by atoms with Crippen molar-refractivity contribution in [2.75, 3.05) is 6.61 Å². The van der Waals surface area contributed by atoms with Gasteiger partial charge in [-0.15, -0.1) is 0 Å². The molecule has 0 saturated heterocycles. The van der Waals surface area contributed by atoms with Gasteiger partial charge in [0.15, 0.2) is 11.5 Å². The molecule has 7 nitrogen and oxygen atoms in total. The number of amides is 1. The average Bonchev–Trinajstić information content (AvgIpc) is 3.42. The fourth-order valence-electron chi connectivity index (χ4n) is 4.36. The van der Waals surface area contributed by atoms with Gasteiger partial charge in [-0.2, -0.15) is 0 Å². The predicted molar refractivity (Wildman–Crippen MR) is 140 cm³/mol. The molecule has 0 saturated carbocycles. The Morgan fingerprint density at radius 2 is 1.97 bits per heavy atom. The van der Waals surface area contributed by atoms with Crippen molar-refractivity contribution in [1.29, 1.82) is 0 Å². The van der Waals surface area contributed by atoms with Crippen LogP contribution in [0.5, 0.6) is 5.75 Å². The van der Waals surface area contributed by atoms with Crippen molar-refractivity contribution in [3.8, 4) is 5.75 Å². The van der Waals surface area contributed by atoms with E-state index in [4.69, 9.17) is 20.8 Å². The Morgan fingerprint density at radius 1 is 1.14 bits per heavy atom. The number of hydrogen-bond donors (Lipinski definition) is 1. The quantitative estimate of drug-likeness (QED) is 0.276. The van der Waals surface area contributed by atoms with E-state index in [1.807, 2.05) is 26.0 Å². The first-order valence-corrected chi connectivity index (χ1v) is 12.3. The van der Waals surface area contributed by atoms with Gasteiger partial charge in [0, 0.05) is 16.6 Å². The molecule has 0 bridgehead atoms. The summed E-state index contributed by atoms with van der Waals surface area (Å²) in [6, 6.07) is 18.3. The zero-order valence-electron chi connectivity index (χ0n) is 20.3. The van der Waals surface area contributed by atoms with Crippen molar-refractivity contribution in [2.45, 2.75) is 26.4 Å². The average molecular weight is 517 g/mol. The van der Waals surface area contributed by atoms with Crippen LogP contribution in [0.1, 0.15) is 41.7 Å². The van der Waals surface area contributed by atoms with Crippen LogP contribution in [0.15, 0.2) is 88.7 Å². The summed E-state index contributed by atoms with van der Waals surface area (Å²) in [6.07, 6.45) is 1.63. The summed E-state index contributed by atoms with van der Waals surface area (Å²) in [5.41, 5.74) is 1.65. The number of furan rings is 1. The first kappa shape index (κ1) is 24.6. The number of ether oxygens (including phenoxy) is 1. The zero-order valence-corrected chi connectivity index (χ0v) is 21.1. The Bertz CT molecular complexity index is 1510. The van der Waals surface area contributed by atoms with Gasteiger partial charge in [0.05, 0.1) is 30.5 Å². The van der Waals surface area contributed by atoms with Gasteiger partial charge in [0.1, 0.15) is 11.3 Å².